The van der Waals surface area contributed by atoms with Gasteiger partial charge in [-0.1, -0.05) is 0 Å². The molecule has 0 unspecified atom stereocenters. The molecule has 0 aliphatic rings. The minimum Gasteiger partial charge on any atom is -0.493 e. The van der Waals surface area contributed by atoms with E-state index in [0.29, 0.717) is 42.1 Å². The van der Waals surface area contributed by atoms with Crippen LogP contribution in [0, 0.1) is 5.82 Å². The van der Waals surface area contributed by atoms with Crippen molar-refractivity contribution in [3.05, 3.63) is 64.2 Å². The molecule has 2 aromatic carbocycles. The van der Waals surface area contributed by atoms with Gasteiger partial charge in [0.25, 0.3) is 5.91 Å². The van der Waals surface area contributed by atoms with E-state index in [1.54, 1.807) is 28.2 Å². The lowest BCUT2D eigenvalue weighted by Gasteiger charge is -2.14. The van der Waals surface area contributed by atoms with Crippen molar-refractivity contribution < 1.29 is 28.7 Å². The Kier molecular flexibility index (Phi) is 7.62. The number of fused-ring (bicyclic) bond motifs is 1. The molecule has 1 heterocycles. The molecule has 0 aliphatic heterocycles. The van der Waals surface area contributed by atoms with Crippen LogP contribution in [0.2, 0.25) is 0 Å². The largest absolute Gasteiger partial charge is 0.493 e. The van der Waals surface area contributed by atoms with Gasteiger partial charge in [-0.2, -0.15) is 0 Å². The Labute approximate surface area is 188 Å². The number of ether oxygens (including phenoxy) is 2. The van der Waals surface area contributed by atoms with Crippen LogP contribution >= 0.6 is 0 Å². The molecule has 0 radical (unpaired) electrons. The highest BCUT2D eigenvalue weighted by molar-refractivity contribution is 6.05. The van der Waals surface area contributed by atoms with E-state index in [0.717, 1.165) is 6.07 Å². The number of anilines is 1. The van der Waals surface area contributed by atoms with E-state index in [4.69, 9.17) is 14.7 Å². The molecule has 9 nitrogen and oxygen atoms in total. The van der Waals surface area contributed by atoms with Crippen molar-refractivity contribution in [2.24, 2.45) is 0 Å². The molecule has 2 amide bonds. The molecule has 1 aromatic heterocycles. The Morgan fingerprint density at radius 3 is 2.52 bits per heavy atom. The SMILES string of the molecule is COc1ccc(NC(=O)c2cn(CCCCC(=O)NO)c3ccc(F)cc3c2=O)cc1OC. The van der Waals surface area contributed by atoms with Gasteiger partial charge in [-0.25, -0.2) is 9.87 Å². The van der Waals surface area contributed by atoms with Crippen molar-refractivity contribution in [2.75, 3.05) is 19.5 Å². The predicted molar refractivity (Wildman–Crippen MR) is 119 cm³/mol. The molecule has 0 spiro atoms. The highest BCUT2D eigenvalue weighted by Gasteiger charge is 2.17. The van der Waals surface area contributed by atoms with Gasteiger partial charge in [0.05, 0.1) is 19.7 Å². The standard InChI is InChI=1S/C23H24FN3O6/c1-32-19-9-7-15(12-20(19)33-2)25-23(30)17-13-27(10-4-3-5-21(28)26-31)18-8-6-14(24)11-16(18)22(17)29/h6-9,11-13,31H,3-5,10H2,1-2H3,(H,25,30)(H,26,28). The van der Waals surface area contributed by atoms with Gasteiger partial charge in [0, 0.05) is 36.3 Å². The van der Waals surface area contributed by atoms with Crippen LogP contribution in [0.1, 0.15) is 29.6 Å². The van der Waals surface area contributed by atoms with E-state index in [-0.39, 0.29) is 17.4 Å². The number of pyridine rings is 1. The number of amides is 2. The molecular weight excluding hydrogens is 433 g/mol. The molecule has 0 fully saturated rings. The van der Waals surface area contributed by atoms with E-state index >= 15 is 0 Å². The predicted octanol–water partition coefficient (Wildman–Crippen LogP) is 3.09. The number of carbonyl (C=O) groups excluding carboxylic acids is 2. The number of unbranched alkanes of at least 4 members (excludes halogenated alkanes) is 1. The number of aromatic nitrogens is 1. The van der Waals surface area contributed by atoms with Crippen LogP contribution in [-0.2, 0) is 11.3 Å². The Morgan fingerprint density at radius 2 is 1.82 bits per heavy atom. The number of rotatable bonds is 9. The van der Waals surface area contributed by atoms with Crippen molar-refractivity contribution in [1.82, 2.24) is 10.0 Å². The highest BCUT2D eigenvalue weighted by atomic mass is 19.1. The molecule has 3 aromatic rings. The van der Waals surface area contributed by atoms with Gasteiger partial charge in [0.1, 0.15) is 11.4 Å². The Hall–Kier alpha value is -3.92. The van der Waals surface area contributed by atoms with E-state index in [1.165, 1.54) is 32.5 Å². The first-order valence-corrected chi connectivity index (χ1v) is 10.2. The second-order valence-corrected chi connectivity index (χ2v) is 7.24. The maximum Gasteiger partial charge on any atom is 0.261 e. The Morgan fingerprint density at radius 1 is 1.06 bits per heavy atom. The van der Waals surface area contributed by atoms with Gasteiger partial charge in [-0.05, 0) is 43.2 Å². The first-order valence-electron chi connectivity index (χ1n) is 10.2. The van der Waals surface area contributed by atoms with Crippen LogP contribution in [0.3, 0.4) is 0 Å². The fraction of sp³-hybridized carbons (Fsp3) is 0.261. The maximum absolute atomic E-state index is 13.9. The molecule has 0 saturated heterocycles. The third-order valence-corrected chi connectivity index (χ3v) is 5.11. The number of aryl methyl sites for hydroxylation is 1. The smallest absolute Gasteiger partial charge is 0.261 e. The molecule has 10 heteroatoms. The van der Waals surface area contributed by atoms with Gasteiger partial charge in [-0.3, -0.25) is 19.6 Å². The molecular formula is C23H24FN3O6. The number of methoxy groups -OCH3 is 2. The summed E-state index contributed by atoms with van der Waals surface area (Å²) >= 11 is 0. The van der Waals surface area contributed by atoms with Gasteiger partial charge in [-0.15, -0.1) is 0 Å². The van der Waals surface area contributed by atoms with Crippen molar-refractivity contribution in [1.29, 1.82) is 0 Å². The molecule has 3 N–H and O–H groups in total. The quantitative estimate of drug-likeness (QED) is 0.258. The Balaban J connectivity index is 1.93. The summed E-state index contributed by atoms with van der Waals surface area (Å²) < 4.78 is 26.0. The second-order valence-electron chi connectivity index (χ2n) is 7.24. The van der Waals surface area contributed by atoms with Gasteiger partial charge in [0.2, 0.25) is 11.3 Å². The molecule has 0 aliphatic carbocycles. The van der Waals surface area contributed by atoms with Gasteiger partial charge in [0.15, 0.2) is 11.5 Å². The number of benzene rings is 2. The van der Waals surface area contributed by atoms with E-state index in [2.05, 4.69) is 5.32 Å². The average Bonchev–Trinajstić information content (AvgIpc) is 2.82. The first-order chi connectivity index (χ1) is 15.9. The summed E-state index contributed by atoms with van der Waals surface area (Å²) in [5, 5.41) is 11.3. The summed E-state index contributed by atoms with van der Waals surface area (Å²) in [4.78, 5) is 37.1. The molecule has 3 rings (SSSR count). The molecule has 0 bridgehead atoms. The van der Waals surface area contributed by atoms with Crippen molar-refractivity contribution in [3.63, 3.8) is 0 Å². The van der Waals surface area contributed by atoms with Crippen LogP contribution in [0.25, 0.3) is 10.9 Å². The zero-order chi connectivity index (χ0) is 24.0. The lowest BCUT2D eigenvalue weighted by molar-refractivity contribution is -0.129. The zero-order valence-corrected chi connectivity index (χ0v) is 18.2. The van der Waals surface area contributed by atoms with Crippen LogP contribution in [-0.4, -0.2) is 35.8 Å². The summed E-state index contributed by atoms with van der Waals surface area (Å²) in [6.07, 6.45) is 2.54. The van der Waals surface area contributed by atoms with Crippen LogP contribution in [0.5, 0.6) is 11.5 Å². The van der Waals surface area contributed by atoms with E-state index in [9.17, 15) is 18.8 Å². The van der Waals surface area contributed by atoms with Crippen LogP contribution in [0.15, 0.2) is 47.4 Å². The first kappa shape index (κ1) is 23.7. The average molecular weight is 457 g/mol. The summed E-state index contributed by atoms with van der Waals surface area (Å²) in [5.74, 6) is -0.874. The van der Waals surface area contributed by atoms with E-state index in [1.807, 2.05) is 0 Å². The summed E-state index contributed by atoms with van der Waals surface area (Å²) in [6.45, 7) is 0.373. The molecule has 33 heavy (non-hydrogen) atoms. The normalized spacial score (nSPS) is 10.7. The fourth-order valence-corrected chi connectivity index (χ4v) is 3.45. The summed E-state index contributed by atoms with van der Waals surface area (Å²) in [7, 11) is 2.95. The number of hydroxylamine groups is 1. The number of hydrogen-bond acceptors (Lipinski definition) is 6. The lowest BCUT2D eigenvalue weighted by atomic mass is 10.1. The van der Waals surface area contributed by atoms with Crippen molar-refractivity contribution in [2.45, 2.75) is 25.8 Å². The van der Waals surface area contributed by atoms with Gasteiger partial charge < -0.3 is 19.4 Å². The number of hydrogen-bond donors (Lipinski definition) is 3. The third kappa shape index (κ3) is 5.47. The topological polar surface area (TPSA) is 119 Å². The summed E-state index contributed by atoms with van der Waals surface area (Å²) in [6, 6.07) is 8.59. The summed E-state index contributed by atoms with van der Waals surface area (Å²) in [5.41, 5.74) is 1.67. The van der Waals surface area contributed by atoms with Crippen molar-refractivity contribution >= 4 is 28.4 Å². The number of nitrogens with zero attached hydrogens (tertiary/aromatic N) is 1. The maximum atomic E-state index is 13.9. The molecule has 0 saturated carbocycles. The minimum absolute atomic E-state index is 0.0723. The lowest BCUT2D eigenvalue weighted by Crippen LogP contribution is -2.24. The van der Waals surface area contributed by atoms with Crippen LogP contribution < -0.4 is 25.7 Å². The van der Waals surface area contributed by atoms with E-state index < -0.39 is 23.1 Å². The molecule has 174 valence electrons. The minimum atomic E-state index is -0.660. The highest BCUT2D eigenvalue weighted by Crippen LogP contribution is 2.30. The van der Waals surface area contributed by atoms with Crippen molar-refractivity contribution in [3.8, 4) is 11.5 Å². The number of carbonyl (C=O) groups is 2. The Bertz CT molecular complexity index is 1240. The second kappa shape index (κ2) is 10.6. The zero-order valence-electron chi connectivity index (χ0n) is 18.2. The molecule has 0 atom stereocenters. The van der Waals surface area contributed by atoms with Gasteiger partial charge >= 0.3 is 0 Å². The van der Waals surface area contributed by atoms with Crippen LogP contribution in [0.4, 0.5) is 10.1 Å². The number of halogens is 1. The number of nitrogens with one attached hydrogen (secondary N) is 2. The fourth-order valence-electron chi connectivity index (χ4n) is 3.45. The third-order valence-electron chi connectivity index (χ3n) is 5.11. The monoisotopic (exact) mass is 457 g/mol.